The molecule has 0 bridgehead atoms. The maximum absolute atomic E-state index is 11.9. The third-order valence-electron chi connectivity index (χ3n) is 3.61. The van der Waals surface area contributed by atoms with Crippen molar-refractivity contribution in [3.8, 4) is 0 Å². The van der Waals surface area contributed by atoms with E-state index in [9.17, 15) is 4.79 Å². The van der Waals surface area contributed by atoms with E-state index in [2.05, 4.69) is 12.2 Å². The van der Waals surface area contributed by atoms with Crippen LogP contribution in [-0.4, -0.2) is 17.5 Å². The minimum atomic E-state index is -0.653. The van der Waals surface area contributed by atoms with E-state index in [1.807, 2.05) is 13.8 Å². The number of carbonyl (C=O) groups excluding carboxylic acids is 1. The molecule has 15 heavy (non-hydrogen) atoms. The smallest absolute Gasteiger partial charge is 0.240 e. The van der Waals surface area contributed by atoms with Gasteiger partial charge in [-0.1, -0.05) is 27.2 Å². The summed E-state index contributed by atoms with van der Waals surface area (Å²) in [6, 6.07) is 0.401. The summed E-state index contributed by atoms with van der Waals surface area (Å²) in [7, 11) is 0. The van der Waals surface area contributed by atoms with Gasteiger partial charge in [0.25, 0.3) is 0 Å². The summed E-state index contributed by atoms with van der Waals surface area (Å²) < 4.78 is 0. The average molecular weight is 212 g/mol. The zero-order valence-corrected chi connectivity index (χ0v) is 10.2. The molecule has 3 N–H and O–H groups in total. The van der Waals surface area contributed by atoms with Crippen LogP contribution < -0.4 is 11.1 Å². The molecule has 3 heteroatoms. The van der Waals surface area contributed by atoms with Crippen molar-refractivity contribution in [3.05, 3.63) is 0 Å². The van der Waals surface area contributed by atoms with Crippen LogP contribution in [0.25, 0.3) is 0 Å². The molecule has 0 aliphatic heterocycles. The molecule has 0 aromatic rings. The first-order valence-electron chi connectivity index (χ1n) is 6.17. The quantitative estimate of drug-likeness (QED) is 0.705. The van der Waals surface area contributed by atoms with Gasteiger partial charge in [0.1, 0.15) is 0 Å². The molecule has 0 saturated heterocycles. The number of nitrogens with two attached hydrogens (primary N) is 1. The SMILES string of the molecule is CCCC1CC1NC(=O)C(N)(CC)CC. The van der Waals surface area contributed by atoms with E-state index in [4.69, 9.17) is 5.73 Å². The number of nitrogens with one attached hydrogen (secondary N) is 1. The summed E-state index contributed by atoms with van der Waals surface area (Å²) in [6.45, 7) is 6.13. The Bertz CT molecular complexity index is 224. The number of rotatable bonds is 6. The zero-order valence-electron chi connectivity index (χ0n) is 10.2. The third kappa shape index (κ3) is 2.94. The molecule has 0 heterocycles. The van der Waals surface area contributed by atoms with Crippen LogP contribution in [0.5, 0.6) is 0 Å². The van der Waals surface area contributed by atoms with Gasteiger partial charge < -0.3 is 11.1 Å². The summed E-state index contributed by atoms with van der Waals surface area (Å²) >= 11 is 0. The maximum Gasteiger partial charge on any atom is 0.240 e. The third-order valence-corrected chi connectivity index (χ3v) is 3.61. The summed E-state index contributed by atoms with van der Waals surface area (Å²) in [4.78, 5) is 11.9. The Morgan fingerprint density at radius 1 is 1.40 bits per heavy atom. The molecule has 1 rings (SSSR count). The Labute approximate surface area is 92.8 Å². The van der Waals surface area contributed by atoms with E-state index in [-0.39, 0.29) is 5.91 Å². The second-order valence-electron chi connectivity index (χ2n) is 4.73. The predicted molar refractivity (Wildman–Crippen MR) is 62.4 cm³/mol. The highest BCUT2D eigenvalue weighted by Gasteiger charge is 2.40. The van der Waals surface area contributed by atoms with Crippen LogP contribution in [0.3, 0.4) is 0 Å². The number of hydrogen-bond donors (Lipinski definition) is 2. The molecule has 1 aliphatic rings. The second kappa shape index (κ2) is 4.97. The largest absolute Gasteiger partial charge is 0.351 e. The Hall–Kier alpha value is -0.570. The van der Waals surface area contributed by atoms with E-state index in [1.165, 1.54) is 12.8 Å². The van der Waals surface area contributed by atoms with Crippen molar-refractivity contribution in [2.45, 2.75) is 64.5 Å². The van der Waals surface area contributed by atoms with Crippen molar-refractivity contribution < 1.29 is 4.79 Å². The number of hydrogen-bond acceptors (Lipinski definition) is 2. The lowest BCUT2D eigenvalue weighted by Crippen LogP contribution is -2.53. The molecule has 0 aromatic carbocycles. The lowest BCUT2D eigenvalue weighted by molar-refractivity contribution is -0.126. The fraction of sp³-hybridized carbons (Fsp3) is 0.917. The van der Waals surface area contributed by atoms with Crippen LogP contribution in [0.4, 0.5) is 0 Å². The molecule has 2 atom stereocenters. The van der Waals surface area contributed by atoms with Crippen molar-refractivity contribution >= 4 is 5.91 Å². The zero-order chi connectivity index (χ0) is 11.5. The summed E-state index contributed by atoms with van der Waals surface area (Å²) in [5.74, 6) is 0.744. The molecule has 2 unspecified atom stereocenters. The van der Waals surface area contributed by atoms with Gasteiger partial charge in [0, 0.05) is 6.04 Å². The first kappa shape index (κ1) is 12.5. The van der Waals surface area contributed by atoms with Crippen molar-refractivity contribution in [2.24, 2.45) is 11.7 Å². The molecule has 1 saturated carbocycles. The topological polar surface area (TPSA) is 55.1 Å². The normalized spacial score (nSPS) is 25.1. The molecule has 1 aliphatic carbocycles. The number of carbonyl (C=O) groups is 1. The standard InChI is InChI=1S/C12H24N2O/c1-4-7-9-8-10(9)14-11(15)12(13,5-2)6-3/h9-10H,4-8,13H2,1-3H3,(H,14,15). The molecule has 0 radical (unpaired) electrons. The fourth-order valence-corrected chi connectivity index (χ4v) is 2.00. The van der Waals surface area contributed by atoms with Gasteiger partial charge in [-0.25, -0.2) is 0 Å². The molecular weight excluding hydrogens is 188 g/mol. The summed E-state index contributed by atoms with van der Waals surface area (Å²) in [5.41, 5.74) is 5.37. The highest BCUT2D eigenvalue weighted by Crippen LogP contribution is 2.34. The lowest BCUT2D eigenvalue weighted by atomic mass is 9.93. The predicted octanol–water partition coefficient (Wildman–Crippen LogP) is 1.81. The second-order valence-corrected chi connectivity index (χ2v) is 4.73. The first-order valence-corrected chi connectivity index (χ1v) is 6.17. The van der Waals surface area contributed by atoms with Crippen LogP contribution in [0.15, 0.2) is 0 Å². The number of amides is 1. The van der Waals surface area contributed by atoms with Gasteiger partial charge in [-0.3, -0.25) is 4.79 Å². The molecule has 0 spiro atoms. The monoisotopic (exact) mass is 212 g/mol. The van der Waals surface area contributed by atoms with Crippen LogP contribution in [-0.2, 0) is 4.79 Å². The van der Waals surface area contributed by atoms with Gasteiger partial charge >= 0.3 is 0 Å². The minimum Gasteiger partial charge on any atom is -0.351 e. The summed E-state index contributed by atoms with van der Waals surface area (Å²) in [5, 5.41) is 3.07. The molecule has 3 nitrogen and oxygen atoms in total. The lowest BCUT2D eigenvalue weighted by Gasteiger charge is -2.25. The van der Waals surface area contributed by atoms with Crippen molar-refractivity contribution in [1.29, 1.82) is 0 Å². The minimum absolute atomic E-state index is 0.0381. The Morgan fingerprint density at radius 3 is 2.47 bits per heavy atom. The van der Waals surface area contributed by atoms with Gasteiger partial charge in [-0.15, -0.1) is 0 Å². The van der Waals surface area contributed by atoms with Gasteiger partial charge in [0.15, 0.2) is 0 Å². The van der Waals surface area contributed by atoms with E-state index < -0.39 is 5.54 Å². The van der Waals surface area contributed by atoms with Gasteiger partial charge in [0.2, 0.25) is 5.91 Å². The van der Waals surface area contributed by atoms with Crippen molar-refractivity contribution in [1.82, 2.24) is 5.32 Å². The van der Waals surface area contributed by atoms with Gasteiger partial charge in [-0.2, -0.15) is 0 Å². The molecular formula is C12H24N2O. The molecule has 1 fully saturated rings. The fourth-order valence-electron chi connectivity index (χ4n) is 2.00. The van der Waals surface area contributed by atoms with Crippen LogP contribution in [0.1, 0.15) is 52.9 Å². The molecule has 0 aromatic heterocycles. The Balaban J connectivity index is 2.37. The van der Waals surface area contributed by atoms with Crippen LogP contribution in [0, 0.1) is 5.92 Å². The van der Waals surface area contributed by atoms with E-state index in [1.54, 1.807) is 0 Å². The van der Waals surface area contributed by atoms with Gasteiger partial charge in [0.05, 0.1) is 5.54 Å². The van der Waals surface area contributed by atoms with E-state index in [0.29, 0.717) is 24.8 Å². The Morgan fingerprint density at radius 2 is 2.00 bits per heavy atom. The van der Waals surface area contributed by atoms with Crippen molar-refractivity contribution in [3.63, 3.8) is 0 Å². The highest BCUT2D eigenvalue weighted by molar-refractivity contribution is 5.86. The summed E-state index contributed by atoms with van der Waals surface area (Å²) in [6.07, 6.45) is 4.98. The maximum atomic E-state index is 11.9. The Kier molecular flexibility index (Phi) is 4.14. The van der Waals surface area contributed by atoms with E-state index in [0.717, 1.165) is 6.42 Å². The molecule has 88 valence electrons. The highest BCUT2D eigenvalue weighted by atomic mass is 16.2. The molecule has 1 amide bonds. The first-order chi connectivity index (χ1) is 7.07. The van der Waals surface area contributed by atoms with Crippen molar-refractivity contribution in [2.75, 3.05) is 0 Å². The van der Waals surface area contributed by atoms with Crippen LogP contribution >= 0.6 is 0 Å². The van der Waals surface area contributed by atoms with E-state index >= 15 is 0 Å². The average Bonchev–Trinajstić information content (AvgIpc) is 2.95. The van der Waals surface area contributed by atoms with Crippen LogP contribution in [0.2, 0.25) is 0 Å². The van der Waals surface area contributed by atoms with Gasteiger partial charge in [-0.05, 0) is 31.6 Å².